The normalized spacial score (nSPS) is 15.4. The average Bonchev–Trinajstić information content (AvgIpc) is 2.40. The van der Waals surface area contributed by atoms with Crippen molar-refractivity contribution in [1.29, 1.82) is 0 Å². The predicted molar refractivity (Wildman–Crippen MR) is 81.0 cm³/mol. The predicted octanol–water partition coefficient (Wildman–Crippen LogP) is 2.94. The maximum atomic E-state index is 12.4. The minimum absolute atomic E-state index is 0.145. The highest BCUT2D eigenvalue weighted by Gasteiger charge is 2.32. The molecule has 2 unspecified atom stereocenters. The average molecular weight is 283 g/mol. The zero-order valence-electron chi connectivity index (χ0n) is 12.3. The third-order valence-electron chi connectivity index (χ3n) is 3.42. The summed E-state index contributed by atoms with van der Waals surface area (Å²) in [5.41, 5.74) is 1.03. The molecule has 1 aromatic carbocycles. The Kier molecular flexibility index (Phi) is 6.01. The standard InChI is InChI=1S/C15H25NO2S/c1-5-11-16-15(14-9-7-6-8-10-14)13(4)19(17,18)12(2)3/h6-10,12-13,15-16H,5,11H2,1-4H3. The summed E-state index contributed by atoms with van der Waals surface area (Å²) in [6.45, 7) is 8.19. The van der Waals surface area contributed by atoms with Gasteiger partial charge in [0.25, 0.3) is 0 Å². The van der Waals surface area contributed by atoms with Crippen molar-refractivity contribution >= 4 is 9.84 Å². The molecule has 1 rings (SSSR count). The van der Waals surface area contributed by atoms with Crippen molar-refractivity contribution in [3.63, 3.8) is 0 Å². The lowest BCUT2D eigenvalue weighted by Gasteiger charge is -2.27. The molecule has 0 saturated carbocycles. The molecule has 0 heterocycles. The molecule has 0 amide bonds. The summed E-state index contributed by atoms with van der Waals surface area (Å²) in [5, 5.41) is 2.59. The van der Waals surface area contributed by atoms with Crippen molar-refractivity contribution in [2.75, 3.05) is 6.54 Å². The van der Waals surface area contributed by atoms with Crippen molar-refractivity contribution in [3.05, 3.63) is 35.9 Å². The fraction of sp³-hybridized carbons (Fsp3) is 0.600. The lowest BCUT2D eigenvalue weighted by Crippen LogP contribution is -2.38. The molecule has 19 heavy (non-hydrogen) atoms. The monoisotopic (exact) mass is 283 g/mol. The van der Waals surface area contributed by atoms with Gasteiger partial charge in [0.2, 0.25) is 0 Å². The quantitative estimate of drug-likeness (QED) is 0.837. The van der Waals surface area contributed by atoms with E-state index < -0.39 is 15.1 Å². The van der Waals surface area contributed by atoms with Crippen molar-refractivity contribution in [3.8, 4) is 0 Å². The number of hydrogen-bond donors (Lipinski definition) is 1. The molecule has 108 valence electrons. The van der Waals surface area contributed by atoms with E-state index in [0.29, 0.717) is 0 Å². The summed E-state index contributed by atoms with van der Waals surface area (Å²) in [7, 11) is -3.12. The highest BCUT2D eigenvalue weighted by molar-refractivity contribution is 7.92. The van der Waals surface area contributed by atoms with E-state index in [1.54, 1.807) is 20.8 Å². The van der Waals surface area contributed by atoms with Crippen LogP contribution in [0.4, 0.5) is 0 Å². The first kappa shape index (κ1) is 16.2. The Labute approximate surface area is 117 Å². The van der Waals surface area contributed by atoms with Gasteiger partial charge in [0.15, 0.2) is 9.84 Å². The van der Waals surface area contributed by atoms with Crippen molar-refractivity contribution in [2.45, 2.75) is 50.7 Å². The molecule has 0 aliphatic heterocycles. The van der Waals surface area contributed by atoms with Crippen LogP contribution in [0.3, 0.4) is 0 Å². The summed E-state index contributed by atoms with van der Waals surface area (Å²) in [5.74, 6) is 0. The second-order valence-electron chi connectivity index (χ2n) is 5.19. The van der Waals surface area contributed by atoms with Crippen LogP contribution >= 0.6 is 0 Å². The Hall–Kier alpha value is -0.870. The Balaban J connectivity index is 3.04. The van der Waals surface area contributed by atoms with Crippen LogP contribution in [-0.2, 0) is 9.84 Å². The fourth-order valence-corrected chi connectivity index (χ4v) is 3.63. The van der Waals surface area contributed by atoms with E-state index in [4.69, 9.17) is 0 Å². The molecule has 0 aliphatic carbocycles. The van der Waals surface area contributed by atoms with Crippen LogP contribution in [0.5, 0.6) is 0 Å². The fourth-order valence-electron chi connectivity index (χ4n) is 2.13. The summed E-state index contributed by atoms with van der Waals surface area (Å²) in [6.07, 6.45) is 0.984. The maximum absolute atomic E-state index is 12.4. The smallest absolute Gasteiger partial charge is 0.157 e. The van der Waals surface area contributed by atoms with Crippen molar-refractivity contribution in [2.24, 2.45) is 0 Å². The van der Waals surface area contributed by atoms with Crippen LogP contribution in [0.25, 0.3) is 0 Å². The van der Waals surface area contributed by atoms with Gasteiger partial charge in [-0.05, 0) is 39.3 Å². The van der Waals surface area contributed by atoms with Gasteiger partial charge in [-0.3, -0.25) is 0 Å². The van der Waals surface area contributed by atoms with E-state index in [1.165, 1.54) is 0 Å². The number of benzene rings is 1. The van der Waals surface area contributed by atoms with Gasteiger partial charge >= 0.3 is 0 Å². The number of sulfone groups is 1. The van der Waals surface area contributed by atoms with Gasteiger partial charge in [-0.15, -0.1) is 0 Å². The Morgan fingerprint density at radius 1 is 1.11 bits per heavy atom. The lowest BCUT2D eigenvalue weighted by molar-refractivity contribution is 0.494. The van der Waals surface area contributed by atoms with E-state index in [9.17, 15) is 8.42 Å². The molecule has 0 radical (unpaired) electrons. The molecule has 1 aromatic rings. The largest absolute Gasteiger partial charge is 0.309 e. The van der Waals surface area contributed by atoms with Crippen molar-refractivity contribution in [1.82, 2.24) is 5.32 Å². The molecule has 0 bridgehead atoms. The highest BCUT2D eigenvalue weighted by atomic mass is 32.2. The number of hydrogen-bond acceptors (Lipinski definition) is 3. The van der Waals surface area contributed by atoms with E-state index in [0.717, 1.165) is 18.5 Å². The minimum atomic E-state index is -3.12. The van der Waals surface area contributed by atoms with E-state index in [2.05, 4.69) is 12.2 Å². The molecule has 3 nitrogen and oxygen atoms in total. The molecular weight excluding hydrogens is 258 g/mol. The molecule has 0 fully saturated rings. The van der Waals surface area contributed by atoms with Gasteiger partial charge in [-0.1, -0.05) is 37.3 Å². The molecule has 0 aliphatic rings. The maximum Gasteiger partial charge on any atom is 0.157 e. The van der Waals surface area contributed by atoms with Crippen LogP contribution in [-0.4, -0.2) is 25.5 Å². The Morgan fingerprint density at radius 2 is 1.68 bits per heavy atom. The zero-order valence-corrected chi connectivity index (χ0v) is 13.1. The number of rotatable bonds is 7. The van der Waals surface area contributed by atoms with E-state index >= 15 is 0 Å². The molecule has 4 heteroatoms. The van der Waals surface area contributed by atoms with Crippen LogP contribution in [0.15, 0.2) is 30.3 Å². The van der Waals surface area contributed by atoms with E-state index in [-0.39, 0.29) is 11.3 Å². The van der Waals surface area contributed by atoms with Gasteiger partial charge in [0, 0.05) is 6.04 Å². The Bertz CT molecular complexity index is 468. The number of nitrogens with one attached hydrogen (secondary N) is 1. The molecule has 2 atom stereocenters. The first-order valence-electron chi connectivity index (χ1n) is 6.92. The molecule has 0 aromatic heterocycles. The summed E-state index contributed by atoms with van der Waals surface area (Å²) in [4.78, 5) is 0. The van der Waals surface area contributed by atoms with Crippen LogP contribution in [0, 0.1) is 0 Å². The molecule has 0 saturated heterocycles. The summed E-state index contributed by atoms with van der Waals surface area (Å²) < 4.78 is 24.7. The molecule has 0 spiro atoms. The lowest BCUT2D eigenvalue weighted by atomic mass is 10.0. The van der Waals surface area contributed by atoms with Crippen LogP contribution in [0.2, 0.25) is 0 Å². The van der Waals surface area contributed by atoms with Gasteiger partial charge in [0.1, 0.15) is 0 Å². The topological polar surface area (TPSA) is 46.2 Å². The second kappa shape index (κ2) is 7.06. The molecule has 1 N–H and O–H groups in total. The van der Waals surface area contributed by atoms with Gasteiger partial charge in [-0.2, -0.15) is 0 Å². The SMILES string of the molecule is CCCNC(c1ccccc1)C(C)S(=O)(=O)C(C)C. The highest BCUT2D eigenvalue weighted by Crippen LogP contribution is 2.24. The van der Waals surface area contributed by atoms with E-state index in [1.807, 2.05) is 30.3 Å². The van der Waals surface area contributed by atoms with Gasteiger partial charge < -0.3 is 5.32 Å². The first-order chi connectivity index (χ1) is 8.91. The second-order valence-corrected chi connectivity index (χ2v) is 8.05. The summed E-state index contributed by atoms with van der Waals surface area (Å²) in [6, 6.07) is 9.67. The third kappa shape index (κ3) is 4.05. The Morgan fingerprint density at radius 3 is 2.16 bits per heavy atom. The van der Waals surface area contributed by atoms with Crippen LogP contribution in [0.1, 0.15) is 45.7 Å². The summed E-state index contributed by atoms with van der Waals surface area (Å²) >= 11 is 0. The zero-order chi connectivity index (χ0) is 14.5. The van der Waals surface area contributed by atoms with Gasteiger partial charge in [0.05, 0.1) is 10.5 Å². The molecular formula is C15H25NO2S. The first-order valence-corrected chi connectivity index (χ1v) is 8.53. The third-order valence-corrected chi connectivity index (χ3v) is 6.04. The van der Waals surface area contributed by atoms with Gasteiger partial charge in [-0.25, -0.2) is 8.42 Å². The minimum Gasteiger partial charge on any atom is -0.309 e. The van der Waals surface area contributed by atoms with Crippen LogP contribution < -0.4 is 5.32 Å². The van der Waals surface area contributed by atoms with Crippen molar-refractivity contribution < 1.29 is 8.42 Å².